The Hall–Kier alpha value is -4.18. The van der Waals surface area contributed by atoms with Gasteiger partial charge in [-0.25, -0.2) is 18.6 Å². The second-order valence-corrected chi connectivity index (χ2v) is 11.0. The molecule has 0 saturated heterocycles. The van der Waals surface area contributed by atoms with Gasteiger partial charge in [0.1, 0.15) is 5.75 Å². The number of aliphatic carboxylic acids is 1. The monoisotopic (exact) mass is 529 g/mol. The second-order valence-electron chi connectivity index (χ2n) is 9.08. The van der Waals surface area contributed by atoms with E-state index >= 15 is 0 Å². The first-order valence-electron chi connectivity index (χ1n) is 11.1. The number of nitrogens with one attached hydrogen (secondary N) is 1. The van der Waals surface area contributed by atoms with E-state index in [-0.39, 0.29) is 24.2 Å². The highest BCUT2D eigenvalue weighted by molar-refractivity contribution is 7.94. The summed E-state index contributed by atoms with van der Waals surface area (Å²) >= 11 is 0. The molecule has 2 aromatic carbocycles. The van der Waals surface area contributed by atoms with Crippen molar-refractivity contribution in [3.05, 3.63) is 53.7 Å². The van der Waals surface area contributed by atoms with E-state index in [1.807, 2.05) is 0 Å². The van der Waals surface area contributed by atoms with E-state index in [2.05, 4.69) is 16.4 Å². The first kappa shape index (κ1) is 24.5. The number of hydrogen-bond donors (Lipinski definition) is 2. The lowest BCUT2D eigenvalue weighted by Crippen LogP contribution is -2.45. The SMILES string of the molecule is CN1c2cc(-c3cc(OC4(C)N=CC(C(=O)O)=CN4)ccc3C#N)ccc2N(CC2CC2(F)F)S1(=O)=O. The van der Waals surface area contributed by atoms with E-state index in [0.717, 1.165) is 8.61 Å². The molecule has 2 unspecified atom stereocenters. The average molecular weight is 530 g/mol. The van der Waals surface area contributed by atoms with Gasteiger partial charge in [0.15, 0.2) is 0 Å². The number of nitrogens with zero attached hydrogens (tertiary/aromatic N) is 4. The van der Waals surface area contributed by atoms with E-state index in [0.29, 0.717) is 28.1 Å². The Kier molecular flexibility index (Phi) is 5.41. The minimum Gasteiger partial charge on any atom is -0.478 e. The number of ether oxygens (including phenoxy) is 1. The molecular weight excluding hydrogens is 508 g/mol. The zero-order valence-electron chi connectivity index (χ0n) is 19.6. The summed E-state index contributed by atoms with van der Waals surface area (Å²) in [5, 5.41) is 21.5. The van der Waals surface area contributed by atoms with Gasteiger partial charge in [0.05, 0.1) is 28.6 Å². The van der Waals surface area contributed by atoms with E-state index in [1.165, 1.54) is 31.6 Å². The van der Waals surface area contributed by atoms with Gasteiger partial charge in [-0.1, -0.05) is 6.07 Å². The number of carbonyl (C=O) groups is 1. The van der Waals surface area contributed by atoms with Crippen molar-refractivity contribution in [1.82, 2.24) is 5.32 Å². The molecule has 0 bridgehead atoms. The molecule has 0 radical (unpaired) electrons. The van der Waals surface area contributed by atoms with Crippen LogP contribution in [0.4, 0.5) is 20.2 Å². The van der Waals surface area contributed by atoms with Gasteiger partial charge in [-0.15, -0.1) is 0 Å². The summed E-state index contributed by atoms with van der Waals surface area (Å²) in [4.78, 5) is 15.2. The number of benzene rings is 2. The molecule has 5 rings (SSSR count). The molecule has 1 aliphatic carbocycles. The van der Waals surface area contributed by atoms with Crippen molar-refractivity contribution in [1.29, 1.82) is 5.26 Å². The summed E-state index contributed by atoms with van der Waals surface area (Å²) < 4.78 is 60.9. The van der Waals surface area contributed by atoms with Crippen LogP contribution >= 0.6 is 0 Å². The molecular formula is C24H21F2N5O5S. The first-order valence-corrected chi connectivity index (χ1v) is 12.5. The molecule has 13 heteroatoms. The molecule has 1 fully saturated rings. The second kappa shape index (κ2) is 8.17. The topological polar surface area (TPSA) is 135 Å². The van der Waals surface area contributed by atoms with Crippen LogP contribution in [0.15, 0.2) is 53.2 Å². The molecule has 3 aliphatic rings. The van der Waals surface area contributed by atoms with Crippen LogP contribution in [0.1, 0.15) is 18.9 Å². The van der Waals surface area contributed by atoms with E-state index < -0.39 is 33.9 Å². The maximum Gasteiger partial charge on any atom is 0.338 e. The Labute approximate surface area is 211 Å². The molecule has 10 nitrogen and oxygen atoms in total. The van der Waals surface area contributed by atoms with Crippen LogP contribution in [0.2, 0.25) is 0 Å². The largest absolute Gasteiger partial charge is 0.478 e. The molecule has 2 aliphatic heterocycles. The van der Waals surface area contributed by atoms with E-state index in [9.17, 15) is 27.3 Å². The zero-order chi connectivity index (χ0) is 26.8. The van der Waals surface area contributed by atoms with Crippen molar-refractivity contribution in [2.24, 2.45) is 10.9 Å². The number of rotatable bonds is 6. The molecule has 2 aromatic rings. The summed E-state index contributed by atoms with van der Waals surface area (Å²) in [7, 11) is -2.67. The number of halogens is 2. The predicted octanol–water partition coefficient (Wildman–Crippen LogP) is 3.08. The highest BCUT2D eigenvalue weighted by Gasteiger charge is 2.59. The van der Waals surface area contributed by atoms with Gasteiger partial charge in [0, 0.05) is 50.8 Å². The van der Waals surface area contributed by atoms with Crippen LogP contribution in [0.3, 0.4) is 0 Å². The molecule has 0 aromatic heterocycles. The van der Waals surface area contributed by atoms with Gasteiger partial charge >= 0.3 is 16.2 Å². The van der Waals surface area contributed by atoms with Crippen molar-refractivity contribution in [3.63, 3.8) is 0 Å². The van der Waals surface area contributed by atoms with Gasteiger partial charge in [-0.3, -0.25) is 8.61 Å². The Morgan fingerprint density at radius 1 is 1.30 bits per heavy atom. The van der Waals surface area contributed by atoms with Crippen molar-refractivity contribution in [3.8, 4) is 22.9 Å². The Balaban J connectivity index is 1.47. The first-order chi connectivity index (χ1) is 17.3. The number of carboxylic acids is 1. The summed E-state index contributed by atoms with van der Waals surface area (Å²) in [6, 6.07) is 11.5. The summed E-state index contributed by atoms with van der Waals surface area (Å²) in [5.41, 5.74) is 1.80. The molecule has 0 spiro atoms. The molecule has 2 heterocycles. The summed E-state index contributed by atoms with van der Waals surface area (Å²) in [6.45, 7) is 1.27. The zero-order valence-corrected chi connectivity index (χ0v) is 20.5. The molecule has 2 N–H and O–H groups in total. The number of fused-ring (bicyclic) bond motifs is 1. The normalized spacial score (nSPS) is 24.5. The lowest BCUT2D eigenvalue weighted by atomic mass is 9.99. The Morgan fingerprint density at radius 2 is 2.03 bits per heavy atom. The van der Waals surface area contributed by atoms with Crippen molar-refractivity contribution in [2.45, 2.75) is 25.1 Å². The van der Waals surface area contributed by atoms with Crippen LogP contribution < -0.4 is 18.7 Å². The molecule has 37 heavy (non-hydrogen) atoms. The van der Waals surface area contributed by atoms with Gasteiger partial charge in [0.2, 0.25) is 0 Å². The molecule has 0 amide bonds. The minimum atomic E-state index is -4.02. The van der Waals surface area contributed by atoms with E-state index in [4.69, 9.17) is 9.84 Å². The van der Waals surface area contributed by atoms with Crippen molar-refractivity contribution in [2.75, 3.05) is 22.2 Å². The van der Waals surface area contributed by atoms with Crippen LogP contribution in [-0.4, -0.2) is 51.1 Å². The van der Waals surface area contributed by atoms with Crippen LogP contribution in [-0.2, 0) is 15.0 Å². The molecule has 2 atom stereocenters. The third-order valence-corrected chi connectivity index (χ3v) is 8.27. The van der Waals surface area contributed by atoms with Crippen molar-refractivity contribution < 1.29 is 31.8 Å². The maximum absolute atomic E-state index is 13.5. The molecule has 192 valence electrons. The highest BCUT2D eigenvalue weighted by atomic mass is 32.2. The van der Waals surface area contributed by atoms with Crippen molar-refractivity contribution >= 4 is 33.8 Å². The van der Waals surface area contributed by atoms with Crippen LogP contribution in [0.25, 0.3) is 11.1 Å². The van der Waals surface area contributed by atoms with Gasteiger partial charge in [-0.05, 0) is 35.9 Å². The maximum atomic E-state index is 13.5. The number of alkyl halides is 2. The average Bonchev–Trinajstić information content (AvgIpc) is 3.41. The lowest BCUT2D eigenvalue weighted by Gasteiger charge is -2.29. The van der Waals surface area contributed by atoms with Crippen LogP contribution in [0.5, 0.6) is 5.75 Å². The number of anilines is 2. The number of hydrogen-bond acceptors (Lipinski definition) is 7. The van der Waals surface area contributed by atoms with Gasteiger partial charge in [0.25, 0.3) is 11.8 Å². The van der Waals surface area contributed by atoms with Gasteiger partial charge < -0.3 is 15.2 Å². The quantitative estimate of drug-likeness (QED) is 0.587. The minimum absolute atomic E-state index is 0.0433. The third-order valence-electron chi connectivity index (χ3n) is 6.48. The number of nitriles is 1. The van der Waals surface area contributed by atoms with Crippen LogP contribution in [0, 0.1) is 17.2 Å². The van der Waals surface area contributed by atoms with E-state index in [1.54, 1.807) is 31.2 Å². The third kappa shape index (κ3) is 4.23. The summed E-state index contributed by atoms with van der Waals surface area (Å²) in [6.07, 6.45) is 2.09. The molecule has 1 saturated carbocycles. The standard InChI is InChI=1S/C24H21F2N5O5S/c1-23(28-11-16(12-29-23)22(32)33)36-18-5-3-15(10-27)19(8-18)14-4-6-20-21(7-14)30(2)37(34,35)31(20)13-17-9-24(17,25)26/h3-8,11-12,17,28H,9,13H2,1-2H3,(H,32,33). The smallest absolute Gasteiger partial charge is 0.338 e. The Bertz CT molecular complexity index is 1530. The highest BCUT2D eigenvalue weighted by Crippen LogP contribution is 2.52. The number of aliphatic imine (C=N–C) groups is 1. The van der Waals surface area contributed by atoms with Gasteiger partial charge in [-0.2, -0.15) is 13.7 Å². The fraction of sp³-hybridized carbons (Fsp3) is 0.292. The Morgan fingerprint density at radius 3 is 2.62 bits per heavy atom. The fourth-order valence-corrected chi connectivity index (χ4v) is 5.68. The lowest BCUT2D eigenvalue weighted by molar-refractivity contribution is -0.132. The predicted molar refractivity (Wildman–Crippen MR) is 131 cm³/mol. The number of carboxylic acid groups (broad SMARTS) is 1. The summed E-state index contributed by atoms with van der Waals surface area (Å²) in [5.74, 6) is -6.03. The fourth-order valence-electron chi connectivity index (χ4n) is 4.22.